The molecule has 0 spiro atoms. The molecule has 0 saturated carbocycles. The Labute approximate surface area is 199 Å². The molecule has 1 aromatic heterocycles. The Morgan fingerprint density at radius 1 is 1.09 bits per heavy atom. The lowest BCUT2D eigenvalue weighted by Gasteiger charge is -2.18. The molecule has 172 valence electrons. The van der Waals surface area contributed by atoms with Gasteiger partial charge in [0, 0.05) is 17.0 Å². The molecule has 0 aliphatic heterocycles. The van der Waals surface area contributed by atoms with Crippen molar-refractivity contribution >= 4 is 46.0 Å². The first-order chi connectivity index (χ1) is 15.9. The van der Waals surface area contributed by atoms with Crippen molar-refractivity contribution in [3.8, 4) is 10.6 Å². The van der Waals surface area contributed by atoms with Gasteiger partial charge in [-0.05, 0) is 24.6 Å². The number of urea groups is 1. The number of anilines is 1. The van der Waals surface area contributed by atoms with Crippen LogP contribution >= 0.6 is 22.9 Å². The van der Waals surface area contributed by atoms with Crippen molar-refractivity contribution in [1.29, 1.82) is 0 Å². The van der Waals surface area contributed by atoms with E-state index in [4.69, 9.17) is 16.3 Å². The van der Waals surface area contributed by atoms with E-state index in [1.807, 2.05) is 36.4 Å². The quantitative estimate of drug-likeness (QED) is 0.398. The minimum Gasteiger partial charge on any atom is -0.465 e. The number of ether oxygens (including phenoxy) is 1. The second-order valence-corrected chi connectivity index (χ2v) is 8.20. The molecule has 0 radical (unpaired) electrons. The van der Waals surface area contributed by atoms with Crippen molar-refractivity contribution in [2.75, 3.05) is 18.5 Å². The third-order valence-corrected chi connectivity index (χ3v) is 5.45. The van der Waals surface area contributed by atoms with Gasteiger partial charge < -0.3 is 15.4 Å². The van der Waals surface area contributed by atoms with Gasteiger partial charge in [0.05, 0.1) is 6.61 Å². The molecule has 3 amide bonds. The predicted octanol–water partition coefficient (Wildman–Crippen LogP) is 3.27. The number of carbonyl (C=O) groups excluding carboxylic acids is 3. The van der Waals surface area contributed by atoms with E-state index < -0.39 is 23.9 Å². The van der Waals surface area contributed by atoms with Crippen LogP contribution in [-0.2, 0) is 20.7 Å². The molecule has 0 fully saturated rings. The second-order valence-electron chi connectivity index (χ2n) is 6.79. The smallest absolute Gasteiger partial charge is 0.325 e. The van der Waals surface area contributed by atoms with Gasteiger partial charge in [0.25, 0.3) is 0 Å². The van der Waals surface area contributed by atoms with Crippen molar-refractivity contribution < 1.29 is 19.1 Å². The fraction of sp³-hybridized carbons (Fsp3) is 0.227. The zero-order valence-corrected chi connectivity index (χ0v) is 19.3. The molecule has 33 heavy (non-hydrogen) atoms. The van der Waals surface area contributed by atoms with Gasteiger partial charge in [-0.2, -0.15) is 0 Å². The third kappa shape index (κ3) is 7.55. The number of carbonyl (C=O) groups is 3. The highest BCUT2D eigenvalue weighted by Gasteiger charge is 2.23. The first kappa shape index (κ1) is 24.1. The molecule has 0 aliphatic rings. The lowest BCUT2D eigenvalue weighted by Crippen LogP contribution is -2.50. The maximum absolute atomic E-state index is 13.0. The van der Waals surface area contributed by atoms with E-state index in [2.05, 4.69) is 26.1 Å². The minimum atomic E-state index is -0.923. The second kappa shape index (κ2) is 11.9. The van der Waals surface area contributed by atoms with Crippen molar-refractivity contribution in [2.45, 2.75) is 19.4 Å². The lowest BCUT2D eigenvalue weighted by atomic mass is 10.1. The first-order valence-electron chi connectivity index (χ1n) is 10.1. The highest BCUT2D eigenvalue weighted by atomic mass is 35.5. The van der Waals surface area contributed by atoms with Crippen molar-refractivity contribution in [3.63, 3.8) is 0 Å². The Bertz CT molecular complexity index is 1110. The zero-order chi connectivity index (χ0) is 23.6. The van der Waals surface area contributed by atoms with Gasteiger partial charge in [0.1, 0.15) is 17.6 Å². The fourth-order valence-electron chi connectivity index (χ4n) is 2.84. The van der Waals surface area contributed by atoms with E-state index in [1.165, 1.54) is 11.3 Å². The zero-order valence-electron chi connectivity index (χ0n) is 17.7. The maximum Gasteiger partial charge on any atom is 0.325 e. The monoisotopic (exact) mass is 487 g/mol. The Morgan fingerprint density at radius 3 is 2.61 bits per heavy atom. The van der Waals surface area contributed by atoms with Gasteiger partial charge in [-0.1, -0.05) is 65.4 Å². The number of halogens is 1. The van der Waals surface area contributed by atoms with E-state index in [1.54, 1.807) is 25.1 Å². The highest BCUT2D eigenvalue weighted by molar-refractivity contribution is 7.18. The molecule has 0 unspecified atom stereocenters. The van der Waals surface area contributed by atoms with Gasteiger partial charge >= 0.3 is 12.0 Å². The van der Waals surface area contributed by atoms with E-state index in [0.29, 0.717) is 10.0 Å². The number of rotatable bonds is 9. The van der Waals surface area contributed by atoms with Crippen LogP contribution in [0.2, 0.25) is 5.02 Å². The molecular weight excluding hydrogens is 466 g/mol. The van der Waals surface area contributed by atoms with Crippen LogP contribution in [0.15, 0.2) is 54.6 Å². The van der Waals surface area contributed by atoms with Gasteiger partial charge in [0.2, 0.25) is 11.0 Å². The molecule has 3 rings (SSSR count). The summed E-state index contributed by atoms with van der Waals surface area (Å²) >= 11 is 7.21. The average molecular weight is 488 g/mol. The average Bonchev–Trinajstić information content (AvgIpc) is 3.27. The summed E-state index contributed by atoms with van der Waals surface area (Å²) in [5.41, 5.74) is 1.62. The summed E-state index contributed by atoms with van der Waals surface area (Å²) in [5, 5.41) is 17.2. The molecule has 9 nitrogen and oxygen atoms in total. The van der Waals surface area contributed by atoms with Gasteiger partial charge in [-0.15, -0.1) is 10.2 Å². The van der Waals surface area contributed by atoms with Gasteiger partial charge in [-0.25, -0.2) is 4.79 Å². The summed E-state index contributed by atoms with van der Waals surface area (Å²) in [5.74, 6) is -1.04. The molecule has 0 saturated heterocycles. The van der Waals surface area contributed by atoms with Crippen LogP contribution < -0.4 is 16.0 Å². The minimum absolute atomic E-state index is 0.209. The maximum atomic E-state index is 13.0. The Morgan fingerprint density at radius 2 is 1.88 bits per heavy atom. The molecular formula is C22H22ClN5O4S. The summed E-state index contributed by atoms with van der Waals surface area (Å²) in [6.07, 6.45) is 0.236. The summed E-state index contributed by atoms with van der Waals surface area (Å²) in [4.78, 5) is 36.7. The van der Waals surface area contributed by atoms with E-state index >= 15 is 0 Å². The normalized spacial score (nSPS) is 11.3. The summed E-state index contributed by atoms with van der Waals surface area (Å²) in [6, 6.07) is 14.8. The number of hydrogen-bond acceptors (Lipinski definition) is 7. The number of aromatic nitrogens is 2. The van der Waals surface area contributed by atoms with E-state index in [0.717, 1.165) is 11.1 Å². The van der Waals surface area contributed by atoms with Crippen LogP contribution in [0.3, 0.4) is 0 Å². The molecule has 3 N–H and O–H groups in total. The predicted molar refractivity (Wildman–Crippen MR) is 126 cm³/mol. The van der Waals surface area contributed by atoms with Crippen LogP contribution in [0.5, 0.6) is 0 Å². The number of nitrogens with one attached hydrogen (secondary N) is 3. The van der Waals surface area contributed by atoms with Crippen LogP contribution in [0, 0.1) is 0 Å². The Hall–Kier alpha value is -3.50. The summed E-state index contributed by atoms with van der Waals surface area (Å²) in [6.45, 7) is 1.57. The molecule has 0 bridgehead atoms. The van der Waals surface area contributed by atoms with Gasteiger partial charge in [-0.3, -0.25) is 14.9 Å². The highest BCUT2D eigenvalue weighted by Crippen LogP contribution is 2.28. The molecule has 3 aromatic rings. The number of esters is 1. The summed E-state index contributed by atoms with van der Waals surface area (Å²) < 4.78 is 4.78. The van der Waals surface area contributed by atoms with Crippen LogP contribution in [0.4, 0.5) is 9.93 Å². The van der Waals surface area contributed by atoms with Crippen LogP contribution in [0.1, 0.15) is 12.5 Å². The van der Waals surface area contributed by atoms with E-state index in [9.17, 15) is 14.4 Å². The Balaban J connectivity index is 1.68. The van der Waals surface area contributed by atoms with Crippen molar-refractivity contribution in [3.05, 3.63) is 65.2 Å². The number of benzene rings is 2. The third-order valence-electron chi connectivity index (χ3n) is 4.33. The summed E-state index contributed by atoms with van der Waals surface area (Å²) in [7, 11) is 0. The van der Waals surface area contributed by atoms with Crippen LogP contribution in [0.25, 0.3) is 10.6 Å². The molecule has 0 aliphatic carbocycles. The molecule has 2 aromatic carbocycles. The lowest BCUT2D eigenvalue weighted by molar-refractivity contribution is -0.141. The molecule has 1 atom stereocenters. The SMILES string of the molecule is CCOC(=O)CNC(=O)N[C@@H](Cc1ccccc1)C(=O)Nc1nnc(-c2cccc(Cl)c2)s1. The molecule has 1 heterocycles. The number of hydrogen-bond donors (Lipinski definition) is 3. The van der Waals surface area contributed by atoms with Crippen molar-refractivity contribution in [2.24, 2.45) is 0 Å². The van der Waals surface area contributed by atoms with Crippen molar-refractivity contribution in [1.82, 2.24) is 20.8 Å². The Kier molecular flexibility index (Phi) is 8.73. The topological polar surface area (TPSA) is 122 Å². The van der Waals surface area contributed by atoms with Crippen LogP contribution in [-0.4, -0.2) is 47.3 Å². The number of nitrogens with zero attached hydrogens (tertiary/aromatic N) is 2. The molecule has 11 heteroatoms. The fourth-order valence-corrected chi connectivity index (χ4v) is 3.77. The number of amides is 3. The largest absolute Gasteiger partial charge is 0.465 e. The van der Waals surface area contributed by atoms with E-state index in [-0.39, 0.29) is 24.7 Å². The standard InChI is InChI=1S/C22H22ClN5O4S/c1-2-32-18(29)13-24-21(31)25-17(11-14-7-4-3-5-8-14)19(30)26-22-28-27-20(33-22)15-9-6-10-16(23)12-15/h3-10,12,17H,2,11,13H2,1H3,(H2,24,25,31)(H,26,28,30)/t17-/m0/s1. The first-order valence-corrected chi connectivity index (χ1v) is 11.3. The van der Waals surface area contributed by atoms with Gasteiger partial charge in [0.15, 0.2) is 0 Å².